The number of amides is 1. The number of aliphatic hydroxyl groups excluding tert-OH is 2. The summed E-state index contributed by atoms with van der Waals surface area (Å²) in [5, 5.41) is 23.1. The second-order valence-corrected chi connectivity index (χ2v) is 14.9. The van der Waals surface area contributed by atoms with Crippen molar-refractivity contribution in [3.05, 3.63) is 12.2 Å². The van der Waals surface area contributed by atoms with Gasteiger partial charge in [0.2, 0.25) is 5.91 Å². The van der Waals surface area contributed by atoms with E-state index in [1.165, 1.54) is 122 Å². The Morgan fingerprint density at radius 2 is 0.956 bits per heavy atom. The van der Waals surface area contributed by atoms with Crippen molar-refractivity contribution in [1.82, 2.24) is 5.32 Å². The van der Waals surface area contributed by atoms with Gasteiger partial charge >= 0.3 is 0 Å². The summed E-state index contributed by atoms with van der Waals surface area (Å²) in [6, 6.07) is -1.22. The van der Waals surface area contributed by atoms with E-state index in [2.05, 4.69) is 19.2 Å². The molecular weight excluding hydrogens is 586 g/mol. The van der Waals surface area contributed by atoms with Crippen LogP contribution in [0.2, 0.25) is 0 Å². The first-order valence-corrected chi connectivity index (χ1v) is 20.6. The smallest absolute Gasteiger partial charge is 0.267 e. The summed E-state index contributed by atoms with van der Waals surface area (Å²) in [5.74, 6) is -1.53. The van der Waals surface area contributed by atoms with Crippen molar-refractivity contribution >= 4 is 16.0 Å². The number of unbranched alkanes of at least 4 members (excludes halogenated alkanes) is 25. The first kappa shape index (κ1) is 44.0. The van der Waals surface area contributed by atoms with Gasteiger partial charge in [0.15, 0.2) is 0 Å². The molecule has 4 N–H and O–H groups in total. The Balaban J connectivity index is 3.79. The maximum absolute atomic E-state index is 12.5. The van der Waals surface area contributed by atoms with Crippen LogP contribution in [0.3, 0.4) is 0 Å². The minimum atomic E-state index is -4.42. The highest BCUT2D eigenvalue weighted by atomic mass is 32.2. The van der Waals surface area contributed by atoms with Crippen molar-refractivity contribution in [3.8, 4) is 0 Å². The molecule has 3 atom stereocenters. The van der Waals surface area contributed by atoms with Gasteiger partial charge in [0.25, 0.3) is 10.1 Å². The van der Waals surface area contributed by atoms with E-state index in [0.29, 0.717) is 6.42 Å². The molecule has 0 fully saturated rings. The first-order chi connectivity index (χ1) is 21.7. The third kappa shape index (κ3) is 31.4. The lowest BCUT2D eigenvalue weighted by Crippen LogP contribution is -2.50. The SMILES string of the molecule is CCCCCC/C=C/C(O)C(CS(=O)(=O)O)NC(=O)C(O)CCCCCCCCCCCCCCCCCCCCCCCC. The van der Waals surface area contributed by atoms with Crippen molar-refractivity contribution in [2.45, 2.75) is 212 Å². The van der Waals surface area contributed by atoms with Crippen LogP contribution in [0, 0.1) is 0 Å². The van der Waals surface area contributed by atoms with E-state index in [4.69, 9.17) is 0 Å². The fraction of sp³-hybridized carbons (Fsp3) is 0.919. The normalized spacial score (nSPS) is 14.2. The van der Waals surface area contributed by atoms with Gasteiger partial charge in [-0.2, -0.15) is 8.42 Å². The summed E-state index contributed by atoms with van der Waals surface area (Å²) < 4.78 is 32.1. The van der Waals surface area contributed by atoms with E-state index in [9.17, 15) is 28.0 Å². The van der Waals surface area contributed by atoms with Gasteiger partial charge in [0, 0.05) is 0 Å². The molecule has 45 heavy (non-hydrogen) atoms. The van der Waals surface area contributed by atoms with E-state index in [1.807, 2.05) is 0 Å². The van der Waals surface area contributed by atoms with Crippen molar-refractivity contribution in [1.29, 1.82) is 0 Å². The predicted molar refractivity (Wildman–Crippen MR) is 190 cm³/mol. The average molecular weight is 660 g/mol. The van der Waals surface area contributed by atoms with E-state index in [-0.39, 0.29) is 6.42 Å². The summed E-state index contributed by atoms with van der Waals surface area (Å²) in [6.45, 7) is 4.40. The van der Waals surface area contributed by atoms with Crippen LogP contribution in [0.15, 0.2) is 12.2 Å². The second kappa shape index (κ2) is 31.6. The number of aliphatic hydroxyl groups is 2. The van der Waals surface area contributed by atoms with Gasteiger partial charge in [-0.15, -0.1) is 0 Å². The lowest BCUT2D eigenvalue weighted by atomic mass is 10.0. The van der Waals surface area contributed by atoms with Crippen LogP contribution < -0.4 is 5.32 Å². The molecule has 1 amide bonds. The number of hydrogen-bond donors (Lipinski definition) is 4. The highest BCUT2D eigenvalue weighted by molar-refractivity contribution is 7.85. The van der Waals surface area contributed by atoms with Crippen molar-refractivity contribution in [2.75, 3.05) is 5.75 Å². The lowest BCUT2D eigenvalue weighted by Gasteiger charge is -2.22. The van der Waals surface area contributed by atoms with Gasteiger partial charge in [-0.05, 0) is 19.3 Å². The number of rotatable bonds is 34. The van der Waals surface area contributed by atoms with Gasteiger partial charge in [-0.25, -0.2) is 0 Å². The van der Waals surface area contributed by atoms with Gasteiger partial charge in [0.05, 0.1) is 17.9 Å². The average Bonchev–Trinajstić information content (AvgIpc) is 3.00. The van der Waals surface area contributed by atoms with Crippen molar-refractivity contribution in [2.24, 2.45) is 0 Å². The van der Waals surface area contributed by atoms with E-state index in [0.717, 1.165) is 51.4 Å². The Kier molecular flexibility index (Phi) is 31.0. The van der Waals surface area contributed by atoms with Crippen LogP contribution in [0.5, 0.6) is 0 Å². The minimum absolute atomic E-state index is 0.285. The molecule has 3 unspecified atom stereocenters. The van der Waals surface area contributed by atoms with E-state index >= 15 is 0 Å². The van der Waals surface area contributed by atoms with E-state index < -0.39 is 40.0 Å². The maximum atomic E-state index is 12.5. The first-order valence-electron chi connectivity index (χ1n) is 19.0. The molecule has 0 aromatic carbocycles. The Labute approximate surface area is 278 Å². The third-order valence-corrected chi connectivity index (χ3v) is 9.60. The molecular formula is C37H73NO6S. The van der Waals surface area contributed by atoms with Crippen LogP contribution in [-0.4, -0.2) is 53.1 Å². The number of nitrogens with one attached hydrogen (secondary N) is 1. The van der Waals surface area contributed by atoms with Crippen LogP contribution >= 0.6 is 0 Å². The molecule has 0 aliphatic rings. The lowest BCUT2D eigenvalue weighted by molar-refractivity contribution is -0.130. The number of carbonyl (C=O) groups excluding carboxylic acids is 1. The number of carbonyl (C=O) groups is 1. The fourth-order valence-electron chi connectivity index (χ4n) is 5.87. The molecule has 8 heteroatoms. The summed E-state index contributed by atoms with van der Waals surface area (Å²) in [4.78, 5) is 12.5. The monoisotopic (exact) mass is 660 g/mol. The molecule has 0 rings (SSSR count). The maximum Gasteiger partial charge on any atom is 0.267 e. The van der Waals surface area contributed by atoms with Crippen LogP contribution in [-0.2, 0) is 14.9 Å². The van der Waals surface area contributed by atoms with E-state index in [1.54, 1.807) is 6.08 Å². The van der Waals surface area contributed by atoms with Crippen LogP contribution in [0.4, 0.5) is 0 Å². The minimum Gasteiger partial charge on any atom is -0.387 e. The zero-order valence-electron chi connectivity index (χ0n) is 29.4. The molecule has 0 aliphatic carbocycles. The van der Waals surface area contributed by atoms with Gasteiger partial charge in [-0.1, -0.05) is 187 Å². The molecule has 0 aromatic heterocycles. The number of allylic oxidation sites excluding steroid dienone is 1. The van der Waals surface area contributed by atoms with Crippen molar-refractivity contribution in [3.63, 3.8) is 0 Å². The summed E-state index contributed by atoms with van der Waals surface area (Å²) >= 11 is 0. The molecule has 0 radical (unpaired) electrons. The Hall–Kier alpha value is -0.960. The molecule has 7 nitrogen and oxygen atoms in total. The highest BCUT2D eigenvalue weighted by Crippen LogP contribution is 2.16. The molecule has 0 saturated carbocycles. The Morgan fingerprint density at radius 3 is 1.33 bits per heavy atom. The molecule has 0 aromatic rings. The number of hydrogen-bond acceptors (Lipinski definition) is 5. The molecule has 0 heterocycles. The summed E-state index contributed by atoms with van der Waals surface area (Å²) in [6.07, 6.45) is 34.6. The highest BCUT2D eigenvalue weighted by Gasteiger charge is 2.27. The molecule has 0 aliphatic heterocycles. The van der Waals surface area contributed by atoms with Gasteiger partial charge < -0.3 is 15.5 Å². The van der Waals surface area contributed by atoms with Crippen molar-refractivity contribution < 1.29 is 28.0 Å². The summed E-state index contributed by atoms with van der Waals surface area (Å²) in [5.41, 5.74) is 0. The van der Waals surface area contributed by atoms with Crippen LogP contribution in [0.1, 0.15) is 194 Å². The quantitative estimate of drug-likeness (QED) is 0.0310. The molecule has 0 spiro atoms. The molecule has 268 valence electrons. The zero-order chi connectivity index (χ0) is 33.4. The van der Waals surface area contributed by atoms with Gasteiger partial charge in [0.1, 0.15) is 6.10 Å². The van der Waals surface area contributed by atoms with Gasteiger partial charge in [-0.3, -0.25) is 9.35 Å². The fourth-order valence-corrected chi connectivity index (χ4v) is 6.60. The summed E-state index contributed by atoms with van der Waals surface area (Å²) in [7, 11) is -4.42. The molecule has 0 bridgehead atoms. The standard InChI is InChI=1S/C37H73NO6S/c1-3-5-7-9-11-12-13-14-15-16-17-18-19-20-21-22-23-24-25-26-28-30-32-36(40)37(41)38-34(33-45(42,43)44)35(39)31-29-27-10-8-6-4-2/h29,31,34-36,39-40H,3-28,30,32-33H2,1-2H3,(H,38,41)(H,42,43,44)/b31-29+. The Morgan fingerprint density at radius 1 is 0.600 bits per heavy atom. The molecule has 0 saturated heterocycles. The second-order valence-electron chi connectivity index (χ2n) is 13.4. The largest absolute Gasteiger partial charge is 0.387 e. The van der Waals surface area contributed by atoms with Crippen LogP contribution in [0.25, 0.3) is 0 Å². The topological polar surface area (TPSA) is 124 Å². The zero-order valence-corrected chi connectivity index (χ0v) is 30.2. The third-order valence-electron chi connectivity index (χ3n) is 8.82. The Bertz CT molecular complexity index is 788. The predicted octanol–water partition coefficient (Wildman–Crippen LogP) is 9.60.